The third-order valence-electron chi connectivity index (χ3n) is 4.37. The molecule has 0 aliphatic carbocycles. The van der Waals surface area contributed by atoms with Gasteiger partial charge in [0.05, 0.1) is 22.7 Å². The van der Waals surface area contributed by atoms with Crippen LogP contribution in [0.15, 0.2) is 53.3 Å². The average molecular weight is 392 g/mol. The van der Waals surface area contributed by atoms with E-state index in [0.717, 1.165) is 0 Å². The highest BCUT2D eigenvalue weighted by atomic mass is 16.2. The molecule has 0 radical (unpaired) electrons. The van der Waals surface area contributed by atoms with Crippen LogP contribution in [-0.4, -0.2) is 27.6 Å². The van der Waals surface area contributed by atoms with Crippen molar-refractivity contribution >= 4 is 28.3 Å². The summed E-state index contributed by atoms with van der Waals surface area (Å²) in [6, 6.07) is 13.4. The summed E-state index contributed by atoms with van der Waals surface area (Å²) in [6.45, 7) is 7.39. The van der Waals surface area contributed by atoms with Crippen molar-refractivity contribution < 1.29 is 9.59 Å². The maximum atomic E-state index is 13.1. The van der Waals surface area contributed by atoms with Gasteiger partial charge in [0.2, 0.25) is 0 Å². The Morgan fingerprint density at radius 1 is 0.897 bits per heavy atom. The number of benzene rings is 2. The number of nitrogens with one attached hydrogen (secondary N) is 2. The molecule has 0 fully saturated rings. The molecule has 1 aromatic heterocycles. The van der Waals surface area contributed by atoms with Crippen molar-refractivity contribution in [2.45, 2.75) is 39.8 Å². The van der Waals surface area contributed by atoms with Crippen molar-refractivity contribution in [3.8, 4) is 0 Å². The lowest BCUT2D eigenvalue weighted by atomic mass is 10.1. The van der Waals surface area contributed by atoms with E-state index in [0.29, 0.717) is 22.0 Å². The van der Waals surface area contributed by atoms with Crippen LogP contribution in [0.1, 0.15) is 54.6 Å². The van der Waals surface area contributed by atoms with E-state index in [1.807, 2.05) is 27.7 Å². The fraction of sp³-hybridized carbons (Fsp3) is 0.273. The standard InChI is InChI=1S/C22H24N4O3/c1-13(2)23-20(27)17-11-7-8-12-18(17)24-21(28)19-15-9-5-6-10-16(15)22(29)26(25-19)14(3)4/h5-14H,1-4H3,(H,23,27)(H,24,28). The summed E-state index contributed by atoms with van der Waals surface area (Å²) in [5, 5.41) is 10.8. The number of fused-ring (bicyclic) bond motifs is 1. The second-order valence-electron chi connectivity index (χ2n) is 7.37. The Bertz CT molecular complexity index is 1130. The third-order valence-corrected chi connectivity index (χ3v) is 4.37. The normalized spacial score (nSPS) is 11.1. The molecule has 2 N–H and O–H groups in total. The lowest BCUT2D eigenvalue weighted by Crippen LogP contribution is -2.31. The van der Waals surface area contributed by atoms with Crippen LogP contribution in [0.4, 0.5) is 5.69 Å². The molecule has 0 bridgehead atoms. The van der Waals surface area contributed by atoms with Crippen LogP contribution >= 0.6 is 0 Å². The summed E-state index contributed by atoms with van der Waals surface area (Å²) >= 11 is 0. The summed E-state index contributed by atoms with van der Waals surface area (Å²) in [5.74, 6) is -0.763. The third kappa shape index (κ3) is 4.18. The summed E-state index contributed by atoms with van der Waals surface area (Å²) in [5.41, 5.74) is 0.622. The molecule has 0 aliphatic rings. The fourth-order valence-electron chi connectivity index (χ4n) is 3.04. The summed E-state index contributed by atoms with van der Waals surface area (Å²) in [6.07, 6.45) is 0. The zero-order valence-electron chi connectivity index (χ0n) is 16.9. The van der Waals surface area contributed by atoms with Crippen LogP contribution in [0.5, 0.6) is 0 Å². The van der Waals surface area contributed by atoms with Gasteiger partial charge in [-0.2, -0.15) is 5.10 Å². The van der Waals surface area contributed by atoms with Crippen LogP contribution in [0.25, 0.3) is 10.8 Å². The highest BCUT2D eigenvalue weighted by molar-refractivity contribution is 6.13. The van der Waals surface area contributed by atoms with E-state index in [1.54, 1.807) is 48.5 Å². The molecular formula is C22H24N4O3. The highest BCUT2D eigenvalue weighted by Crippen LogP contribution is 2.19. The number of nitrogens with zero attached hydrogens (tertiary/aromatic N) is 2. The minimum absolute atomic E-state index is 0.0357. The number of carbonyl (C=O) groups is 2. The first-order chi connectivity index (χ1) is 13.8. The maximum Gasteiger partial charge on any atom is 0.276 e. The molecule has 1 heterocycles. The number of carbonyl (C=O) groups excluding carboxylic acids is 2. The zero-order chi connectivity index (χ0) is 21.1. The molecule has 3 aromatic rings. The van der Waals surface area contributed by atoms with E-state index < -0.39 is 5.91 Å². The number of aromatic nitrogens is 2. The first kappa shape index (κ1) is 20.3. The van der Waals surface area contributed by atoms with Gasteiger partial charge in [0.15, 0.2) is 5.69 Å². The minimum atomic E-state index is -0.486. The molecule has 3 rings (SSSR count). The number of anilines is 1. The van der Waals surface area contributed by atoms with Gasteiger partial charge in [0, 0.05) is 11.4 Å². The zero-order valence-corrected chi connectivity index (χ0v) is 16.9. The fourth-order valence-corrected chi connectivity index (χ4v) is 3.04. The van der Waals surface area contributed by atoms with Crippen LogP contribution in [0, 0.1) is 0 Å². The smallest absolute Gasteiger partial charge is 0.276 e. The first-order valence-electron chi connectivity index (χ1n) is 9.52. The molecule has 7 nitrogen and oxygen atoms in total. The lowest BCUT2D eigenvalue weighted by molar-refractivity contribution is 0.0944. The van der Waals surface area contributed by atoms with Gasteiger partial charge in [0.1, 0.15) is 0 Å². The predicted octanol–water partition coefficient (Wildman–Crippen LogP) is 3.37. The topological polar surface area (TPSA) is 93.1 Å². The molecule has 0 unspecified atom stereocenters. The number of hydrogen-bond acceptors (Lipinski definition) is 4. The van der Waals surface area contributed by atoms with Gasteiger partial charge in [-0.3, -0.25) is 14.4 Å². The second-order valence-corrected chi connectivity index (χ2v) is 7.37. The van der Waals surface area contributed by atoms with Gasteiger partial charge < -0.3 is 10.6 Å². The lowest BCUT2D eigenvalue weighted by Gasteiger charge is -2.15. The molecule has 0 saturated carbocycles. The predicted molar refractivity (Wildman–Crippen MR) is 113 cm³/mol. The summed E-state index contributed by atoms with van der Waals surface area (Å²) < 4.78 is 1.30. The van der Waals surface area contributed by atoms with Gasteiger partial charge in [-0.25, -0.2) is 4.68 Å². The molecule has 150 valence electrons. The average Bonchev–Trinajstić information content (AvgIpc) is 2.68. The first-order valence-corrected chi connectivity index (χ1v) is 9.52. The van der Waals surface area contributed by atoms with Gasteiger partial charge >= 0.3 is 0 Å². The monoisotopic (exact) mass is 392 g/mol. The van der Waals surface area contributed by atoms with Gasteiger partial charge in [-0.05, 0) is 45.9 Å². The summed E-state index contributed by atoms with van der Waals surface area (Å²) in [4.78, 5) is 38.2. The molecule has 0 saturated heterocycles. The van der Waals surface area contributed by atoms with E-state index in [2.05, 4.69) is 15.7 Å². The van der Waals surface area contributed by atoms with Crippen LogP contribution in [0.3, 0.4) is 0 Å². The molecule has 7 heteroatoms. The van der Waals surface area contributed by atoms with Crippen molar-refractivity contribution in [1.82, 2.24) is 15.1 Å². The molecule has 0 aliphatic heterocycles. The number of hydrogen-bond donors (Lipinski definition) is 2. The quantitative estimate of drug-likeness (QED) is 0.696. The van der Waals surface area contributed by atoms with E-state index in [1.165, 1.54) is 4.68 Å². The van der Waals surface area contributed by atoms with Crippen molar-refractivity contribution in [3.63, 3.8) is 0 Å². The Morgan fingerprint density at radius 3 is 2.17 bits per heavy atom. The van der Waals surface area contributed by atoms with Crippen LogP contribution < -0.4 is 16.2 Å². The Kier molecular flexibility index (Phi) is 5.77. The van der Waals surface area contributed by atoms with E-state index in [-0.39, 0.29) is 29.2 Å². The van der Waals surface area contributed by atoms with Crippen molar-refractivity contribution in [2.75, 3.05) is 5.32 Å². The molecule has 0 spiro atoms. The molecular weight excluding hydrogens is 368 g/mol. The Hall–Kier alpha value is -3.48. The molecule has 0 atom stereocenters. The van der Waals surface area contributed by atoms with E-state index >= 15 is 0 Å². The van der Waals surface area contributed by atoms with Crippen molar-refractivity contribution in [2.24, 2.45) is 0 Å². The second kappa shape index (κ2) is 8.26. The van der Waals surface area contributed by atoms with Gasteiger partial charge in [0.25, 0.3) is 17.4 Å². The number of rotatable bonds is 5. The SMILES string of the molecule is CC(C)NC(=O)c1ccccc1NC(=O)c1nn(C(C)C)c(=O)c2ccccc12. The Morgan fingerprint density at radius 2 is 1.52 bits per heavy atom. The van der Waals surface area contributed by atoms with E-state index in [9.17, 15) is 14.4 Å². The molecule has 2 amide bonds. The number of amides is 2. The van der Waals surface area contributed by atoms with Crippen LogP contribution in [0.2, 0.25) is 0 Å². The highest BCUT2D eigenvalue weighted by Gasteiger charge is 2.20. The van der Waals surface area contributed by atoms with E-state index in [4.69, 9.17) is 0 Å². The Labute approximate surface area is 168 Å². The molecule has 2 aromatic carbocycles. The minimum Gasteiger partial charge on any atom is -0.350 e. The van der Waals surface area contributed by atoms with Crippen molar-refractivity contribution in [1.29, 1.82) is 0 Å². The summed E-state index contributed by atoms with van der Waals surface area (Å²) in [7, 11) is 0. The van der Waals surface area contributed by atoms with Crippen molar-refractivity contribution in [3.05, 3.63) is 70.1 Å². The Balaban J connectivity index is 2.05. The van der Waals surface area contributed by atoms with Gasteiger partial charge in [-0.1, -0.05) is 30.3 Å². The molecule has 29 heavy (non-hydrogen) atoms. The van der Waals surface area contributed by atoms with Gasteiger partial charge in [-0.15, -0.1) is 0 Å². The maximum absolute atomic E-state index is 13.1. The number of para-hydroxylation sites is 1. The van der Waals surface area contributed by atoms with Crippen LogP contribution in [-0.2, 0) is 0 Å². The largest absolute Gasteiger partial charge is 0.350 e.